The number of carbonyl (C=O) groups excluding carboxylic acids is 1. The summed E-state index contributed by atoms with van der Waals surface area (Å²) in [5.74, 6) is 0.271. The van der Waals surface area contributed by atoms with Crippen molar-refractivity contribution < 1.29 is 14.3 Å². The number of methoxy groups -OCH3 is 1. The molecule has 4 heterocycles. The molecule has 0 radical (unpaired) electrons. The van der Waals surface area contributed by atoms with Gasteiger partial charge in [0, 0.05) is 42.2 Å². The molecule has 1 aliphatic rings. The van der Waals surface area contributed by atoms with Crippen LogP contribution in [0.25, 0.3) is 10.8 Å². The molecule has 0 saturated carbocycles. The number of pyridine rings is 3. The molecule has 3 atom stereocenters. The van der Waals surface area contributed by atoms with Crippen molar-refractivity contribution in [1.29, 1.82) is 0 Å². The number of carbonyl (C=O) groups is 1. The second-order valence-electron chi connectivity index (χ2n) is 7.77. The maximum atomic E-state index is 12.1. The number of nitrogens with zero attached hydrogens (tertiary/aromatic N) is 3. The molecule has 0 bridgehead atoms. The molecule has 3 aromatic heterocycles. The summed E-state index contributed by atoms with van der Waals surface area (Å²) >= 11 is 0. The molecule has 156 valence electrons. The largest absolute Gasteiger partial charge is 0.481 e. The average molecular weight is 406 g/mol. The van der Waals surface area contributed by atoms with Crippen LogP contribution in [0.3, 0.4) is 0 Å². The normalized spacial score (nSPS) is 19.3. The predicted molar refractivity (Wildman–Crippen MR) is 114 cm³/mol. The predicted octanol–water partition coefficient (Wildman–Crippen LogP) is 3.70. The molecule has 2 N–H and O–H groups in total. The summed E-state index contributed by atoms with van der Waals surface area (Å²) in [6.45, 7) is 5.97. The van der Waals surface area contributed by atoms with Crippen LogP contribution in [0.1, 0.15) is 72.2 Å². The van der Waals surface area contributed by atoms with Gasteiger partial charge in [0.1, 0.15) is 6.10 Å². The molecule has 3 aromatic rings. The monoisotopic (exact) mass is 406 g/mol. The van der Waals surface area contributed by atoms with Crippen LogP contribution in [-0.2, 0) is 11.2 Å². The van der Waals surface area contributed by atoms with E-state index in [1.807, 2.05) is 32.9 Å². The zero-order valence-electron chi connectivity index (χ0n) is 17.7. The summed E-state index contributed by atoms with van der Waals surface area (Å²) in [5, 5.41) is 1.83. The SMILES string of the molecule is CC[C@H](N)c1cnc(OC)c2cnc(Cc3ccc4c(n3)[C@@H](C)[C@H](C)OC4=O)cc12. The van der Waals surface area contributed by atoms with Crippen molar-refractivity contribution in [1.82, 2.24) is 15.0 Å². The quantitative estimate of drug-likeness (QED) is 0.645. The third-order valence-electron chi connectivity index (χ3n) is 5.85. The number of esters is 1. The van der Waals surface area contributed by atoms with Gasteiger partial charge in [0.05, 0.1) is 23.8 Å². The number of hydrogen-bond acceptors (Lipinski definition) is 7. The van der Waals surface area contributed by atoms with Crippen molar-refractivity contribution in [3.8, 4) is 5.88 Å². The molecule has 1 aliphatic heterocycles. The van der Waals surface area contributed by atoms with E-state index in [0.29, 0.717) is 17.9 Å². The lowest BCUT2D eigenvalue weighted by Crippen LogP contribution is -2.29. The zero-order chi connectivity index (χ0) is 21.4. The summed E-state index contributed by atoms with van der Waals surface area (Å²) in [6.07, 6.45) is 4.72. The minimum absolute atomic E-state index is 0.0479. The third-order valence-corrected chi connectivity index (χ3v) is 5.85. The van der Waals surface area contributed by atoms with Gasteiger partial charge in [-0.25, -0.2) is 9.78 Å². The maximum Gasteiger partial charge on any atom is 0.340 e. The van der Waals surface area contributed by atoms with Crippen LogP contribution in [-0.4, -0.2) is 34.1 Å². The number of aromatic nitrogens is 3. The standard InChI is InChI=1S/C23H26N4O3/c1-5-20(24)18-10-26-22(29-4)19-11-25-15(9-17(18)19)8-14-6-7-16-21(27-14)12(2)13(3)30-23(16)28/h6-7,9-13,20H,5,8,24H2,1-4H3/t12-,13-,20-/m0/s1. The van der Waals surface area contributed by atoms with E-state index in [2.05, 4.69) is 9.97 Å². The van der Waals surface area contributed by atoms with E-state index in [-0.39, 0.29) is 24.0 Å². The van der Waals surface area contributed by atoms with E-state index in [1.54, 1.807) is 25.6 Å². The van der Waals surface area contributed by atoms with E-state index >= 15 is 0 Å². The Bertz CT molecular complexity index is 1120. The van der Waals surface area contributed by atoms with Gasteiger partial charge in [-0.05, 0) is 42.5 Å². The number of ether oxygens (including phenoxy) is 2. The second-order valence-corrected chi connectivity index (χ2v) is 7.77. The first-order valence-electron chi connectivity index (χ1n) is 10.2. The molecular formula is C23H26N4O3. The molecule has 0 unspecified atom stereocenters. The summed E-state index contributed by atoms with van der Waals surface area (Å²) in [6, 6.07) is 5.58. The van der Waals surface area contributed by atoms with Crippen molar-refractivity contribution in [2.75, 3.05) is 7.11 Å². The topological polar surface area (TPSA) is 100 Å². The van der Waals surface area contributed by atoms with Crippen molar-refractivity contribution >= 4 is 16.7 Å². The van der Waals surface area contributed by atoms with Crippen molar-refractivity contribution in [2.45, 2.75) is 51.7 Å². The molecular weight excluding hydrogens is 380 g/mol. The van der Waals surface area contributed by atoms with Crippen LogP contribution < -0.4 is 10.5 Å². The summed E-state index contributed by atoms with van der Waals surface area (Å²) in [5.41, 5.74) is 10.3. The van der Waals surface area contributed by atoms with Crippen LogP contribution in [0.4, 0.5) is 0 Å². The van der Waals surface area contributed by atoms with Gasteiger partial charge in [-0.15, -0.1) is 0 Å². The highest BCUT2D eigenvalue weighted by molar-refractivity contribution is 5.92. The fraction of sp³-hybridized carbons (Fsp3) is 0.391. The van der Waals surface area contributed by atoms with Crippen LogP contribution >= 0.6 is 0 Å². The zero-order valence-corrected chi connectivity index (χ0v) is 17.7. The third kappa shape index (κ3) is 3.50. The number of nitrogens with two attached hydrogens (primary N) is 1. The van der Waals surface area contributed by atoms with Gasteiger partial charge in [-0.3, -0.25) is 9.97 Å². The summed E-state index contributed by atoms with van der Waals surface area (Å²) in [4.78, 5) is 25.9. The van der Waals surface area contributed by atoms with Gasteiger partial charge >= 0.3 is 5.97 Å². The molecule has 0 saturated heterocycles. The number of hydrogen-bond donors (Lipinski definition) is 1. The number of cyclic esters (lactones) is 1. The molecule has 30 heavy (non-hydrogen) atoms. The Morgan fingerprint density at radius 3 is 2.70 bits per heavy atom. The summed E-state index contributed by atoms with van der Waals surface area (Å²) < 4.78 is 10.8. The van der Waals surface area contributed by atoms with Crippen LogP contribution in [0, 0.1) is 0 Å². The van der Waals surface area contributed by atoms with Crippen molar-refractivity contribution in [3.05, 3.63) is 58.8 Å². The Morgan fingerprint density at radius 2 is 1.97 bits per heavy atom. The highest BCUT2D eigenvalue weighted by Gasteiger charge is 2.31. The van der Waals surface area contributed by atoms with E-state index < -0.39 is 0 Å². The Balaban J connectivity index is 1.73. The van der Waals surface area contributed by atoms with Gasteiger partial charge in [0.15, 0.2) is 0 Å². The van der Waals surface area contributed by atoms with Crippen molar-refractivity contribution in [3.63, 3.8) is 0 Å². The highest BCUT2D eigenvalue weighted by atomic mass is 16.5. The van der Waals surface area contributed by atoms with E-state index in [0.717, 1.165) is 39.8 Å². The smallest absolute Gasteiger partial charge is 0.340 e. The van der Waals surface area contributed by atoms with Gasteiger partial charge < -0.3 is 15.2 Å². The lowest BCUT2D eigenvalue weighted by atomic mass is 9.93. The van der Waals surface area contributed by atoms with Crippen molar-refractivity contribution in [2.24, 2.45) is 5.73 Å². The molecule has 0 amide bonds. The highest BCUT2D eigenvalue weighted by Crippen LogP contribution is 2.32. The Hall–Kier alpha value is -3.06. The molecule has 7 nitrogen and oxygen atoms in total. The molecule has 4 rings (SSSR count). The average Bonchev–Trinajstić information content (AvgIpc) is 2.76. The fourth-order valence-electron chi connectivity index (χ4n) is 3.83. The van der Waals surface area contributed by atoms with E-state index in [1.165, 1.54) is 0 Å². The van der Waals surface area contributed by atoms with Crippen LogP contribution in [0.15, 0.2) is 30.6 Å². The number of fused-ring (bicyclic) bond motifs is 2. The molecule has 7 heteroatoms. The first-order chi connectivity index (χ1) is 14.4. The summed E-state index contributed by atoms with van der Waals surface area (Å²) in [7, 11) is 1.60. The van der Waals surface area contributed by atoms with E-state index in [4.69, 9.17) is 20.2 Å². The Labute approximate surface area is 175 Å². The maximum absolute atomic E-state index is 12.1. The van der Waals surface area contributed by atoms with Gasteiger partial charge in [-0.2, -0.15) is 0 Å². The Morgan fingerprint density at radius 1 is 1.17 bits per heavy atom. The minimum Gasteiger partial charge on any atom is -0.481 e. The fourth-order valence-corrected chi connectivity index (χ4v) is 3.83. The van der Waals surface area contributed by atoms with Crippen LogP contribution in [0.2, 0.25) is 0 Å². The van der Waals surface area contributed by atoms with E-state index in [9.17, 15) is 4.79 Å². The number of rotatable bonds is 5. The molecule has 0 spiro atoms. The Kier molecular flexibility index (Phi) is 5.39. The minimum atomic E-state index is -0.309. The van der Waals surface area contributed by atoms with Crippen LogP contribution in [0.5, 0.6) is 5.88 Å². The van der Waals surface area contributed by atoms with Gasteiger partial charge in [0.2, 0.25) is 5.88 Å². The van der Waals surface area contributed by atoms with Gasteiger partial charge in [0.25, 0.3) is 0 Å². The first-order valence-corrected chi connectivity index (χ1v) is 10.2. The molecule has 0 aromatic carbocycles. The molecule has 0 aliphatic carbocycles. The second kappa shape index (κ2) is 7.99. The lowest BCUT2D eigenvalue weighted by Gasteiger charge is -2.27. The van der Waals surface area contributed by atoms with Gasteiger partial charge in [-0.1, -0.05) is 13.8 Å². The first kappa shape index (κ1) is 20.2. The molecule has 0 fully saturated rings. The lowest BCUT2D eigenvalue weighted by molar-refractivity contribution is 0.0234.